The Kier molecular flexibility index (Phi) is 7.01. The molecule has 1 heterocycles. The molecule has 0 aliphatic carbocycles. The van der Waals surface area contributed by atoms with E-state index in [1.165, 1.54) is 0 Å². The number of carbonyl (C=O) groups excluding carboxylic acids is 2. The fourth-order valence-electron chi connectivity index (χ4n) is 3.34. The molecule has 1 aliphatic rings. The van der Waals surface area contributed by atoms with Crippen LogP contribution in [0.1, 0.15) is 38.8 Å². The van der Waals surface area contributed by atoms with Gasteiger partial charge in [-0.25, -0.2) is 4.79 Å². The Bertz CT molecular complexity index is 702. The molecule has 1 aromatic rings. The van der Waals surface area contributed by atoms with Crippen molar-refractivity contribution in [3.05, 3.63) is 35.9 Å². The molecule has 0 spiro atoms. The van der Waals surface area contributed by atoms with Gasteiger partial charge in [0.1, 0.15) is 17.5 Å². The van der Waals surface area contributed by atoms with Gasteiger partial charge in [-0.2, -0.15) is 0 Å². The third kappa shape index (κ3) is 5.69. The maximum absolute atomic E-state index is 13.4. The number of likely N-dealkylation sites (tertiary alicyclic amines) is 1. The van der Waals surface area contributed by atoms with Crippen molar-refractivity contribution >= 4 is 17.8 Å². The van der Waals surface area contributed by atoms with Gasteiger partial charge < -0.3 is 25.4 Å². The number of amidine groups is 1. The molecule has 0 aromatic heterocycles. The van der Waals surface area contributed by atoms with E-state index >= 15 is 0 Å². The van der Waals surface area contributed by atoms with Gasteiger partial charge in [-0.3, -0.25) is 10.2 Å². The van der Waals surface area contributed by atoms with E-state index in [4.69, 9.17) is 20.6 Å². The second-order valence-electron chi connectivity index (χ2n) is 8.01. The van der Waals surface area contributed by atoms with E-state index in [-0.39, 0.29) is 17.7 Å². The van der Waals surface area contributed by atoms with Crippen LogP contribution in [0.15, 0.2) is 30.3 Å². The van der Waals surface area contributed by atoms with Crippen LogP contribution in [0.5, 0.6) is 0 Å². The second-order valence-corrected chi connectivity index (χ2v) is 8.01. The lowest BCUT2D eigenvalue weighted by atomic mass is 10.0. The van der Waals surface area contributed by atoms with E-state index in [1.807, 2.05) is 6.07 Å². The van der Waals surface area contributed by atoms with Crippen LogP contribution in [-0.4, -0.2) is 54.6 Å². The van der Waals surface area contributed by atoms with E-state index in [9.17, 15) is 9.59 Å². The summed E-state index contributed by atoms with van der Waals surface area (Å²) in [6.07, 6.45) is -0.121. The van der Waals surface area contributed by atoms with E-state index < -0.39 is 23.8 Å². The average Bonchev–Trinajstić information content (AvgIpc) is 3.03. The van der Waals surface area contributed by atoms with Crippen molar-refractivity contribution in [2.24, 2.45) is 11.7 Å². The Labute approximate surface area is 165 Å². The van der Waals surface area contributed by atoms with Crippen molar-refractivity contribution in [3.8, 4) is 0 Å². The fourth-order valence-corrected chi connectivity index (χ4v) is 3.34. The minimum Gasteiger partial charge on any atom is -0.444 e. The predicted molar refractivity (Wildman–Crippen MR) is 106 cm³/mol. The normalized spacial score (nSPS) is 20.5. The second kappa shape index (κ2) is 9.05. The molecule has 8 nitrogen and oxygen atoms in total. The van der Waals surface area contributed by atoms with Gasteiger partial charge in [0, 0.05) is 19.6 Å². The minimum absolute atomic E-state index is 0.0731. The Morgan fingerprint density at radius 2 is 1.96 bits per heavy atom. The molecule has 2 amide bonds. The molecule has 4 N–H and O–H groups in total. The van der Waals surface area contributed by atoms with Crippen molar-refractivity contribution in [1.29, 1.82) is 5.41 Å². The lowest BCUT2D eigenvalue weighted by Crippen LogP contribution is -2.49. The largest absolute Gasteiger partial charge is 0.444 e. The van der Waals surface area contributed by atoms with Crippen LogP contribution < -0.4 is 11.1 Å². The zero-order chi connectivity index (χ0) is 20.9. The smallest absolute Gasteiger partial charge is 0.408 e. The van der Waals surface area contributed by atoms with Gasteiger partial charge in [0.15, 0.2) is 0 Å². The first-order valence-electron chi connectivity index (χ1n) is 9.30. The molecule has 1 fully saturated rings. The number of hydrogen-bond donors (Lipinski definition) is 3. The number of alkyl carbamates (subject to hydrolysis) is 1. The summed E-state index contributed by atoms with van der Waals surface area (Å²) >= 11 is 0. The van der Waals surface area contributed by atoms with Gasteiger partial charge in [-0.05, 0) is 32.8 Å². The molecule has 0 bridgehead atoms. The van der Waals surface area contributed by atoms with E-state index in [0.717, 1.165) is 0 Å². The predicted octanol–water partition coefficient (Wildman–Crippen LogP) is 2.05. The highest BCUT2D eigenvalue weighted by Gasteiger charge is 2.40. The molecule has 8 heteroatoms. The Hall–Kier alpha value is -2.61. The number of hydrogen-bond acceptors (Lipinski definition) is 5. The van der Waals surface area contributed by atoms with Gasteiger partial charge in [-0.1, -0.05) is 30.3 Å². The number of amides is 2. The minimum atomic E-state index is -0.931. The molecular formula is C20H30N4O4. The first kappa shape index (κ1) is 21.7. The molecule has 2 rings (SSSR count). The van der Waals surface area contributed by atoms with E-state index in [2.05, 4.69) is 5.32 Å². The van der Waals surface area contributed by atoms with Crippen LogP contribution >= 0.6 is 0 Å². The van der Waals surface area contributed by atoms with Gasteiger partial charge in [0.05, 0.1) is 12.6 Å². The first-order chi connectivity index (χ1) is 13.1. The summed E-state index contributed by atoms with van der Waals surface area (Å²) in [5.74, 6) is -0.312. The summed E-state index contributed by atoms with van der Waals surface area (Å²) in [6.45, 7) is 6.16. The van der Waals surface area contributed by atoms with Crippen LogP contribution in [0.2, 0.25) is 0 Å². The lowest BCUT2D eigenvalue weighted by Gasteiger charge is -2.29. The van der Waals surface area contributed by atoms with Crippen LogP contribution in [0.25, 0.3) is 0 Å². The third-order valence-electron chi connectivity index (χ3n) is 4.47. The summed E-state index contributed by atoms with van der Waals surface area (Å²) in [4.78, 5) is 27.3. The summed E-state index contributed by atoms with van der Waals surface area (Å²) in [5.41, 5.74) is 5.69. The maximum atomic E-state index is 13.4. The Morgan fingerprint density at radius 3 is 2.50 bits per heavy atom. The first-order valence-corrected chi connectivity index (χ1v) is 9.30. The lowest BCUT2D eigenvalue weighted by molar-refractivity contribution is -0.133. The number of ether oxygens (including phenoxy) is 2. The van der Waals surface area contributed by atoms with Crippen LogP contribution in [0.3, 0.4) is 0 Å². The molecule has 0 radical (unpaired) electrons. The monoisotopic (exact) mass is 390 g/mol. The van der Waals surface area contributed by atoms with Crippen LogP contribution in [0.4, 0.5) is 4.79 Å². The average molecular weight is 390 g/mol. The van der Waals surface area contributed by atoms with Gasteiger partial charge in [-0.15, -0.1) is 0 Å². The van der Waals surface area contributed by atoms with E-state index in [0.29, 0.717) is 25.1 Å². The number of nitrogens with one attached hydrogen (secondary N) is 2. The summed E-state index contributed by atoms with van der Waals surface area (Å²) < 4.78 is 10.5. The number of benzene rings is 1. The van der Waals surface area contributed by atoms with Crippen molar-refractivity contribution in [3.63, 3.8) is 0 Å². The Morgan fingerprint density at radius 1 is 1.32 bits per heavy atom. The maximum Gasteiger partial charge on any atom is 0.408 e. The highest BCUT2D eigenvalue weighted by Crippen LogP contribution is 2.28. The standard InChI is InChI=1S/C20H30N4O4/c1-20(2,3)28-19(26)23-16(14-8-6-5-7-9-14)18(25)24-11-13(12-27-4)10-15(24)17(21)22/h5-9,13,15-16H,10-12H2,1-4H3,(H3,21,22)(H,23,26)/t13-,15-,16+/m0/s1. The van der Waals surface area contributed by atoms with Crippen molar-refractivity contribution in [2.75, 3.05) is 20.3 Å². The number of nitrogens with zero attached hydrogens (tertiary/aromatic N) is 1. The molecule has 0 saturated carbocycles. The highest BCUT2D eigenvalue weighted by atomic mass is 16.6. The van der Waals surface area contributed by atoms with Crippen molar-refractivity contribution in [1.82, 2.24) is 10.2 Å². The summed E-state index contributed by atoms with van der Waals surface area (Å²) in [7, 11) is 1.60. The quantitative estimate of drug-likeness (QED) is 0.507. The zero-order valence-corrected chi connectivity index (χ0v) is 16.9. The molecule has 1 aliphatic heterocycles. The summed E-state index contributed by atoms with van der Waals surface area (Å²) in [6, 6.07) is 7.52. The SMILES string of the molecule is COC[C@H]1C[C@@H](C(=N)N)N(C(=O)[C@H](NC(=O)OC(C)(C)C)c2ccccc2)C1. The van der Waals surface area contributed by atoms with Crippen molar-refractivity contribution in [2.45, 2.75) is 44.9 Å². The molecule has 28 heavy (non-hydrogen) atoms. The molecule has 1 aromatic carbocycles. The van der Waals surface area contributed by atoms with Gasteiger partial charge >= 0.3 is 6.09 Å². The van der Waals surface area contributed by atoms with Crippen molar-refractivity contribution < 1.29 is 19.1 Å². The van der Waals surface area contributed by atoms with Crippen LogP contribution in [-0.2, 0) is 14.3 Å². The molecule has 3 atom stereocenters. The van der Waals surface area contributed by atoms with Gasteiger partial charge in [0.2, 0.25) is 0 Å². The van der Waals surface area contributed by atoms with Crippen LogP contribution in [0, 0.1) is 11.3 Å². The third-order valence-corrected chi connectivity index (χ3v) is 4.47. The number of rotatable bonds is 6. The molecule has 154 valence electrons. The van der Waals surface area contributed by atoms with E-state index in [1.54, 1.807) is 57.0 Å². The topological polar surface area (TPSA) is 118 Å². The highest BCUT2D eigenvalue weighted by molar-refractivity contribution is 5.93. The molecular weight excluding hydrogens is 360 g/mol. The fraction of sp³-hybridized carbons (Fsp3) is 0.550. The Balaban J connectivity index is 2.27. The number of carbonyl (C=O) groups is 2. The number of nitrogens with two attached hydrogens (primary N) is 1. The molecule has 1 saturated heterocycles. The summed E-state index contributed by atoms with van der Waals surface area (Å²) in [5, 5.41) is 10.6. The number of methoxy groups -OCH3 is 1. The zero-order valence-electron chi connectivity index (χ0n) is 16.9. The molecule has 0 unspecified atom stereocenters. The van der Waals surface area contributed by atoms with Gasteiger partial charge in [0.25, 0.3) is 5.91 Å².